The molecular weight excluding hydrogens is 384 g/mol. The van der Waals surface area contributed by atoms with E-state index in [1.54, 1.807) is 36.4 Å². The minimum absolute atomic E-state index is 0.153. The first-order chi connectivity index (χ1) is 14.2. The summed E-state index contributed by atoms with van der Waals surface area (Å²) in [5.74, 6) is -0.0997. The van der Waals surface area contributed by atoms with Crippen LogP contribution in [-0.2, 0) is 6.54 Å². The van der Waals surface area contributed by atoms with Crippen molar-refractivity contribution in [2.24, 2.45) is 0 Å². The molecule has 0 atom stereocenters. The van der Waals surface area contributed by atoms with Gasteiger partial charge in [-0.15, -0.1) is 11.3 Å². The van der Waals surface area contributed by atoms with Gasteiger partial charge in [0.15, 0.2) is 0 Å². The first kappa shape index (κ1) is 19.4. The predicted molar refractivity (Wildman–Crippen MR) is 115 cm³/mol. The van der Waals surface area contributed by atoms with Crippen molar-refractivity contribution in [3.8, 4) is 5.75 Å². The van der Waals surface area contributed by atoms with Gasteiger partial charge >= 0.3 is 5.97 Å². The maximum absolute atomic E-state index is 12.5. The lowest BCUT2D eigenvalue weighted by Crippen LogP contribution is -2.18. The number of hydrogen-bond donors (Lipinski definition) is 1. The molecule has 2 aromatic carbocycles. The van der Waals surface area contributed by atoms with Gasteiger partial charge in [0.1, 0.15) is 5.75 Å². The fourth-order valence-electron chi connectivity index (χ4n) is 3.37. The third-order valence-corrected chi connectivity index (χ3v) is 5.70. The van der Waals surface area contributed by atoms with Crippen LogP contribution in [0.2, 0.25) is 0 Å². The summed E-state index contributed by atoms with van der Waals surface area (Å²) in [5.41, 5.74) is 2.31. The Bertz CT molecular complexity index is 978. The van der Waals surface area contributed by atoms with E-state index in [2.05, 4.69) is 10.2 Å². The quantitative estimate of drug-likeness (QED) is 0.471. The zero-order chi connectivity index (χ0) is 20.1. The highest BCUT2D eigenvalue weighted by Gasteiger charge is 2.14. The van der Waals surface area contributed by atoms with Crippen LogP contribution in [0.25, 0.3) is 0 Å². The number of ether oxygens (including phenoxy) is 1. The first-order valence-corrected chi connectivity index (χ1v) is 10.5. The number of hydrogen-bond acceptors (Lipinski definition) is 5. The molecule has 1 fully saturated rings. The molecule has 3 aromatic rings. The van der Waals surface area contributed by atoms with Crippen molar-refractivity contribution < 1.29 is 14.3 Å². The summed E-state index contributed by atoms with van der Waals surface area (Å²) < 4.78 is 5.49. The van der Waals surface area contributed by atoms with Crippen molar-refractivity contribution in [1.82, 2.24) is 4.90 Å². The number of anilines is 1. The zero-order valence-electron chi connectivity index (χ0n) is 16.0. The van der Waals surface area contributed by atoms with Gasteiger partial charge in [-0.25, -0.2) is 4.79 Å². The van der Waals surface area contributed by atoms with Gasteiger partial charge in [-0.1, -0.05) is 18.2 Å². The molecule has 0 spiro atoms. The fraction of sp³-hybridized carbons (Fsp3) is 0.217. The lowest BCUT2D eigenvalue weighted by molar-refractivity contribution is 0.0734. The summed E-state index contributed by atoms with van der Waals surface area (Å²) in [7, 11) is 0. The highest BCUT2D eigenvalue weighted by atomic mass is 32.1. The summed E-state index contributed by atoms with van der Waals surface area (Å²) in [6, 6.07) is 18.0. The Kier molecular flexibility index (Phi) is 6.03. The average molecular weight is 407 g/mol. The molecule has 0 radical (unpaired) electrons. The standard InChI is InChI=1S/C23H22N2O3S/c26-22(21-7-4-14-29-21)24-19-8-10-20(11-9-19)28-23(27)18-6-3-5-17(15-18)16-25-12-1-2-13-25/h3-11,14-15H,1-2,12-13,16H2,(H,24,26). The maximum atomic E-state index is 12.5. The molecular formula is C23H22N2O3S. The van der Waals surface area contributed by atoms with Crippen LogP contribution in [-0.4, -0.2) is 29.9 Å². The van der Waals surface area contributed by atoms with E-state index in [0.29, 0.717) is 21.9 Å². The summed E-state index contributed by atoms with van der Waals surface area (Å²) >= 11 is 1.39. The Morgan fingerprint density at radius 2 is 1.79 bits per heavy atom. The van der Waals surface area contributed by atoms with Crippen LogP contribution in [0, 0.1) is 0 Å². The van der Waals surface area contributed by atoms with Crippen LogP contribution in [0.5, 0.6) is 5.75 Å². The predicted octanol–water partition coefficient (Wildman–Crippen LogP) is 4.82. The minimum Gasteiger partial charge on any atom is -0.423 e. The number of carbonyl (C=O) groups is 2. The number of thiophene rings is 1. The van der Waals surface area contributed by atoms with Crippen LogP contribution < -0.4 is 10.1 Å². The van der Waals surface area contributed by atoms with E-state index in [-0.39, 0.29) is 11.9 Å². The fourth-order valence-corrected chi connectivity index (χ4v) is 3.99. The maximum Gasteiger partial charge on any atom is 0.343 e. The van der Waals surface area contributed by atoms with Crippen molar-refractivity contribution in [1.29, 1.82) is 0 Å². The molecule has 1 aromatic heterocycles. The molecule has 0 unspecified atom stereocenters. The van der Waals surface area contributed by atoms with Crippen LogP contribution in [0.15, 0.2) is 66.0 Å². The molecule has 1 saturated heterocycles. The van der Waals surface area contributed by atoms with Gasteiger partial charge in [-0.3, -0.25) is 9.69 Å². The molecule has 4 rings (SSSR count). The van der Waals surface area contributed by atoms with E-state index in [4.69, 9.17) is 4.74 Å². The molecule has 1 aliphatic heterocycles. The van der Waals surface area contributed by atoms with Crippen molar-refractivity contribution in [2.45, 2.75) is 19.4 Å². The van der Waals surface area contributed by atoms with Crippen molar-refractivity contribution in [3.05, 3.63) is 82.0 Å². The van der Waals surface area contributed by atoms with Crippen molar-refractivity contribution >= 4 is 28.9 Å². The molecule has 5 nitrogen and oxygen atoms in total. The van der Waals surface area contributed by atoms with Gasteiger partial charge in [0.25, 0.3) is 5.91 Å². The normalized spacial score (nSPS) is 13.9. The number of rotatable bonds is 6. The molecule has 1 N–H and O–H groups in total. The van der Waals surface area contributed by atoms with E-state index < -0.39 is 0 Å². The van der Waals surface area contributed by atoms with Crippen LogP contribution >= 0.6 is 11.3 Å². The third kappa shape index (κ3) is 5.10. The number of esters is 1. The number of benzene rings is 2. The monoisotopic (exact) mass is 406 g/mol. The number of nitrogens with zero attached hydrogens (tertiary/aromatic N) is 1. The zero-order valence-corrected chi connectivity index (χ0v) is 16.8. The Balaban J connectivity index is 1.36. The summed E-state index contributed by atoms with van der Waals surface area (Å²) in [6.45, 7) is 3.09. The molecule has 0 saturated carbocycles. The molecule has 0 bridgehead atoms. The summed E-state index contributed by atoms with van der Waals surface area (Å²) in [6.07, 6.45) is 2.48. The second-order valence-electron chi connectivity index (χ2n) is 7.03. The Morgan fingerprint density at radius 1 is 1.00 bits per heavy atom. The van der Waals surface area contributed by atoms with E-state index in [9.17, 15) is 9.59 Å². The molecule has 1 amide bonds. The Morgan fingerprint density at radius 3 is 2.52 bits per heavy atom. The third-order valence-electron chi connectivity index (χ3n) is 4.84. The molecule has 0 aliphatic carbocycles. The van der Waals surface area contributed by atoms with Gasteiger partial charge in [-0.2, -0.15) is 0 Å². The summed E-state index contributed by atoms with van der Waals surface area (Å²) in [4.78, 5) is 27.7. The average Bonchev–Trinajstić information content (AvgIpc) is 3.44. The van der Waals surface area contributed by atoms with Gasteiger partial charge in [0, 0.05) is 12.2 Å². The topological polar surface area (TPSA) is 58.6 Å². The molecule has 1 aliphatic rings. The molecule has 29 heavy (non-hydrogen) atoms. The lowest BCUT2D eigenvalue weighted by Gasteiger charge is -2.15. The number of likely N-dealkylation sites (tertiary alicyclic amines) is 1. The summed E-state index contributed by atoms with van der Waals surface area (Å²) in [5, 5.41) is 4.68. The van der Waals surface area contributed by atoms with E-state index in [1.807, 2.05) is 29.6 Å². The van der Waals surface area contributed by atoms with Gasteiger partial charge in [-0.05, 0) is 79.3 Å². The van der Waals surface area contributed by atoms with Gasteiger partial charge in [0.2, 0.25) is 0 Å². The Labute approximate surface area is 173 Å². The smallest absolute Gasteiger partial charge is 0.343 e. The number of amides is 1. The second kappa shape index (κ2) is 9.03. The SMILES string of the molecule is O=C(Oc1ccc(NC(=O)c2cccs2)cc1)c1cccc(CN2CCCC2)c1. The second-order valence-corrected chi connectivity index (χ2v) is 7.98. The molecule has 148 valence electrons. The van der Waals surface area contributed by atoms with Crippen molar-refractivity contribution in [3.63, 3.8) is 0 Å². The van der Waals surface area contributed by atoms with Crippen LogP contribution in [0.1, 0.15) is 38.4 Å². The highest BCUT2D eigenvalue weighted by Crippen LogP contribution is 2.20. The Hall–Kier alpha value is -2.96. The van der Waals surface area contributed by atoms with Crippen LogP contribution in [0.3, 0.4) is 0 Å². The first-order valence-electron chi connectivity index (χ1n) is 9.66. The lowest BCUT2D eigenvalue weighted by atomic mass is 10.1. The van der Waals surface area contributed by atoms with Gasteiger partial charge < -0.3 is 10.1 Å². The van der Waals surface area contributed by atoms with E-state index in [0.717, 1.165) is 25.2 Å². The highest BCUT2D eigenvalue weighted by molar-refractivity contribution is 7.12. The van der Waals surface area contributed by atoms with Gasteiger partial charge in [0.05, 0.1) is 10.4 Å². The largest absolute Gasteiger partial charge is 0.423 e. The van der Waals surface area contributed by atoms with E-state index in [1.165, 1.54) is 24.2 Å². The van der Waals surface area contributed by atoms with E-state index >= 15 is 0 Å². The minimum atomic E-state index is -0.386. The van der Waals surface area contributed by atoms with Crippen LogP contribution in [0.4, 0.5) is 5.69 Å². The number of nitrogens with one attached hydrogen (secondary N) is 1. The van der Waals surface area contributed by atoms with Crippen molar-refractivity contribution in [2.75, 3.05) is 18.4 Å². The molecule has 2 heterocycles. The molecule has 6 heteroatoms. The number of carbonyl (C=O) groups excluding carboxylic acids is 2.